The van der Waals surface area contributed by atoms with Crippen LogP contribution in [0, 0.1) is 46.9 Å². The van der Waals surface area contributed by atoms with Gasteiger partial charge in [0.1, 0.15) is 0 Å². The van der Waals surface area contributed by atoms with Crippen molar-refractivity contribution in [2.45, 2.75) is 39.2 Å². The van der Waals surface area contributed by atoms with Gasteiger partial charge in [-0.25, -0.2) is 0 Å². The van der Waals surface area contributed by atoms with Gasteiger partial charge < -0.3 is 5.11 Å². The maximum absolute atomic E-state index is 9.65. The van der Waals surface area contributed by atoms with Gasteiger partial charge in [-0.2, -0.15) is 0 Å². The second-order valence-electron chi connectivity index (χ2n) is 2.83. The molecule has 0 aliphatic heterocycles. The van der Waals surface area contributed by atoms with Crippen LogP contribution in [0.4, 0.5) is 0 Å². The van der Waals surface area contributed by atoms with Crippen molar-refractivity contribution in [2.75, 3.05) is 7.05 Å². The number of rotatable bonds is 3. The number of aliphatic hydroxyl groups is 1. The Kier molecular flexibility index (Phi) is 8.85. The first-order valence-corrected chi connectivity index (χ1v) is 3.71. The van der Waals surface area contributed by atoms with E-state index in [1.807, 2.05) is 6.92 Å². The molecule has 0 fully saturated rings. The molecule has 0 radical (unpaired) electrons. The van der Waals surface area contributed by atoms with Gasteiger partial charge >= 0.3 is 0 Å². The molecule has 0 aromatic heterocycles. The molecule has 3 heteroatoms. The molecule has 0 saturated carbocycles. The van der Waals surface area contributed by atoms with Gasteiger partial charge in [-0.15, -0.1) is 0 Å². The molecular formula is C8H17NOYb. The van der Waals surface area contributed by atoms with Crippen LogP contribution in [-0.4, -0.2) is 23.5 Å². The van der Waals surface area contributed by atoms with Gasteiger partial charge in [0.25, 0.3) is 0 Å². The topological polar surface area (TPSA) is 32.6 Å². The molecular weight excluding hydrogens is 299 g/mol. The average molecular weight is 316 g/mol. The van der Waals surface area contributed by atoms with Crippen molar-refractivity contribution in [3.05, 3.63) is 0 Å². The Morgan fingerprint density at radius 3 is 2.27 bits per heavy atom. The first-order valence-electron chi connectivity index (χ1n) is 3.71. The zero-order valence-electron chi connectivity index (χ0n) is 7.58. The predicted molar refractivity (Wildman–Crippen MR) is 44.6 cm³/mol. The fraction of sp³-hybridized carbons (Fsp3) is 0.875. The summed E-state index contributed by atoms with van der Waals surface area (Å²) in [5.74, 6) is 0. The van der Waals surface area contributed by atoms with E-state index in [1.54, 1.807) is 14.0 Å². The minimum atomic E-state index is -0.691. The minimum Gasteiger partial charge on any atom is -0.384 e. The Bertz CT molecular complexity index is 132. The van der Waals surface area contributed by atoms with E-state index in [4.69, 9.17) is 0 Å². The van der Waals surface area contributed by atoms with E-state index in [1.165, 1.54) is 0 Å². The maximum atomic E-state index is 9.65. The second kappa shape index (κ2) is 6.64. The van der Waals surface area contributed by atoms with Gasteiger partial charge in [-0.1, -0.05) is 13.3 Å². The molecule has 11 heavy (non-hydrogen) atoms. The summed E-state index contributed by atoms with van der Waals surface area (Å²) in [5, 5.41) is 9.65. The van der Waals surface area contributed by atoms with Crippen molar-refractivity contribution in [3.63, 3.8) is 0 Å². The second-order valence-corrected chi connectivity index (χ2v) is 2.83. The molecule has 0 rings (SSSR count). The van der Waals surface area contributed by atoms with Crippen molar-refractivity contribution >= 4 is 5.71 Å². The summed E-state index contributed by atoms with van der Waals surface area (Å²) in [6.45, 7) is 5.71. The molecule has 0 aliphatic carbocycles. The van der Waals surface area contributed by atoms with Crippen LogP contribution in [0.2, 0.25) is 0 Å². The van der Waals surface area contributed by atoms with Crippen molar-refractivity contribution in [3.8, 4) is 0 Å². The van der Waals surface area contributed by atoms with Crippen LogP contribution in [0.1, 0.15) is 33.6 Å². The Balaban J connectivity index is 0. The smallest absolute Gasteiger partial charge is 0.0991 e. The number of nitrogens with zero attached hydrogens (tertiary/aromatic N) is 1. The van der Waals surface area contributed by atoms with Crippen molar-refractivity contribution in [1.82, 2.24) is 0 Å². The summed E-state index contributed by atoms with van der Waals surface area (Å²) < 4.78 is 0. The zero-order valence-corrected chi connectivity index (χ0v) is 9.29. The largest absolute Gasteiger partial charge is 0.384 e. The molecule has 74 valence electrons. The summed E-state index contributed by atoms with van der Waals surface area (Å²) in [6.07, 6.45) is 1.77. The van der Waals surface area contributed by atoms with Gasteiger partial charge in [0.2, 0.25) is 0 Å². The third-order valence-corrected chi connectivity index (χ3v) is 1.85. The zero-order chi connectivity index (χ0) is 8.20. The normalized spacial score (nSPS) is 17.0. The van der Waals surface area contributed by atoms with Gasteiger partial charge in [-0.3, -0.25) is 4.99 Å². The molecule has 0 aromatic carbocycles. The summed E-state index contributed by atoms with van der Waals surface area (Å²) in [6, 6.07) is 0. The molecule has 0 aliphatic rings. The van der Waals surface area contributed by atoms with E-state index in [0.717, 1.165) is 18.6 Å². The summed E-state index contributed by atoms with van der Waals surface area (Å²) in [4.78, 5) is 3.95. The predicted octanol–water partition coefficient (Wildman–Crippen LogP) is 1.63. The van der Waals surface area contributed by atoms with Crippen molar-refractivity contribution in [2.24, 2.45) is 4.99 Å². The SMILES string of the molecule is CCCC(C)(O)C(C)=NC.[Yb]. The Morgan fingerprint density at radius 1 is 1.55 bits per heavy atom. The van der Waals surface area contributed by atoms with Crippen LogP contribution in [-0.2, 0) is 0 Å². The van der Waals surface area contributed by atoms with E-state index in [9.17, 15) is 5.11 Å². The molecule has 0 aromatic rings. The van der Waals surface area contributed by atoms with E-state index in [2.05, 4.69) is 11.9 Å². The van der Waals surface area contributed by atoms with Crippen LogP contribution in [0.15, 0.2) is 4.99 Å². The van der Waals surface area contributed by atoms with Gasteiger partial charge in [0, 0.05) is 59.7 Å². The fourth-order valence-electron chi connectivity index (χ4n) is 0.909. The maximum Gasteiger partial charge on any atom is 0.0991 e. The van der Waals surface area contributed by atoms with E-state index in [-0.39, 0.29) is 46.9 Å². The average Bonchev–Trinajstić information content (AvgIpc) is 1.86. The molecule has 0 amide bonds. The van der Waals surface area contributed by atoms with Gasteiger partial charge in [-0.05, 0) is 20.3 Å². The fourth-order valence-corrected chi connectivity index (χ4v) is 0.909. The standard InChI is InChI=1S/C8H17NO.Yb/c1-5-6-8(3,10)7(2)9-4;/h10H,5-6H2,1-4H3;. The molecule has 2 nitrogen and oxygen atoms in total. The van der Waals surface area contributed by atoms with Crippen LogP contribution in [0.5, 0.6) is 0 Å². The van der Waals surface area contributed by atoms with E-state index < -0.39 is 5.60 Å². The summed E-state index contributed by atoms with van der Waals surface area (Å²) in [5.41, 5.74) is 0.123. The van der Waals surface area contributed by atoms with Gasteiger partial charge in [0.15, 0.2) is 0 Å². The van der Waals surface area contributed by atoms with E-state index in [0.29, 0.717) is 0 Å². The van der Waals surface area contributed by atoms with Crippen LogP contribution >= 0.6 is 0 Å². The molecule has 1 N–H and O–H groups in total. The third kappa shape index (κ3) is 5.40. The third-order valence-electron chi connectivity index (χ3n) is 1.85. The van der Waals surface area contributed by atoms with Crippen LogP contribution < -0.4 is 0 Å². The van der Waals surface area contributed by atoms with Crippen molar-refractivity contribution < 1.29 is 52.0 Å². The first-order chi connectivity index (χ1) is 4.54. The van der Waals surface area contributed by atoms with E-state index >= 15 is 0 Å². The number of aliphatic imine (C=N–C) groups is 1. The first kappa shape index (κ1) is 14.7. The van der Waals surface area contributed by atoms with Crippen molar-refractivity contribution in [1.29, 1.82) is 0 Å². The minimum absolute atomic E-state index is 0. The molecule has 0 heterocycles. The molecule has 1 unspecified atom stereocenters. The monoisotopic (exact) mass is 317 g/mol. The summed E-state index contributed by atoms with van der Waals surface area (Å²) >= 11 is 0. The number of hydrogen-bond donors (Lipinski definition) is 1. The molecule has 0 saturated heterocycles. The van der Waals surface area contributed by atoms with Crippen LogP contribution in [0.25, 0.3) is 0 Å². The Morgan fingerprint density at radius 2 is 2.00 bits per heavy atom. The number of hydrogen-bond acceptors (Lipinski definition) is 2. The summed E-state index contributed by atoms with van der Waals surface area (Å²) in [7, 11) is 1.71. The molecule has 0 bridgehead atoms. The van der Waals surface area contributed by atoms with Gasteiger partial charge in [0.05, 0.1) is 5.60 Å². The Labute approximate surface area is 108 Å². The quantitative estimate of drug-likeness (QED) is 0.789. The molecule has 0 spiro atoms. The molecule has 1 atom stereocenters. The Hall–Kier alpha value is 1.15. The van der Waals surface area contributed by atoms with Crippen LogP contribution in [0.3, 0.4) is 0 Å².